The van der Waals surface area contributed by atoms with Crippen LogP contribution in [0.3, 0.4) is 0 Å². The normalized spacial score (nSPS) is 13.2. The maximum Gasteiger partial charge on any atom is 0.131 e. The monoisotopic (exact) mass is 299 g/mol. The zero-order chi connectivity index (χ0) is 14.0. The number of aryl methyl sites for hydroxylation is 1. The average Bonchev–Trinajstić information content (AvgIpc) is 2.92. The standard InChI is InChI=1S/C13H18ClN3OS/c1-9-4-7-19-13(9)12(18)11-10(14)8-15-17(11)6-5-16(2)3/h4,7-8,12,18H,5-6H2,1-3H3. The van der Waals surface area contributed by atoms with Gasteiger partial charge in [0, 0.05) is 11.4 Å². The van der Waals surface area contributed by atoms with E-state index in [0.29, 0.717) is 17.3 Å². The number of thiophene rings is 1. The molecule has 2 heterocycles. The van der Waals surface area contributed by atoms with Gasteiger partial charge in [-0.05, 0) is 38.0 Å². The Labute approximate surface area is 122 Å². The van der Waals surface area contributed by atoms with Crippen LogP contribution in [0.2, 0.25) is 5.02 Å². The van der Waals surface area contributed by atoms with Gasteiger partial charge in [-0.1, -0.05) is 11.6 Å². The highest BCUT2D eigenvalue weighted by Gasteiger charge is 2.22. The van der Waals surface area contributed by atoms with Gasteiger partial charge in [0.15, 0.2) is 0 Å². The molecule has 0 saturated heterocycles. The summed E-state index contributed by atoms with van der Waals surface area (Å²) in [5.74, 6) is 0. The minimum Gasteiger partial charge on any atom is -0.381 e. The van der Waals surface area contributed by atoms with E-state index in [9.17, 15) is 5.11 Å². The van der Waals surface area contributed by atoms with Gasteiger partial charge in [0.2, 0.25) is 0 Å². The molecule has 1 atom stereocenters. The van der Waals surface area contributed by atoms with E-state index in [1.54, 1.807) is 10.9 Å². The quantitative estimate of drug-likeness (QED) is 0.922. The fourth-order valence-electron chi connectivity index (χ4n) is 1.91. The molecule has 0 bridgehead atoms. The van der Waals surface area contributed by atoms with Crippen LogP contribution in [0.25, 0.3) is 0 Å². The summed E-state index contributed by atoms with van der Waals surface area (Å²) in [5.41, 5.74) is 1.75. The van der Waals surface area contributed by atoms with Crippen LogP contribution in [-0.4, -0.2) is 40.4 Å². The molecule has 2 aromatic heterocycles. The van der Waals surface area contributed by atoms with Gasteiger partial charge in [0.1, 0.15) is 6.10 Å². The molecule has 0 aliphatic carbocycles. The fourth-order valence-corrected chi connectivity index (χ4v) is 3.06. The van der Waals surface area contributed by atoms with Gasteiger partial charge in [-0.3, -0.25) is 4.68 Å². The first-order valence-electron chi connectivity index (χ1n) is 6.08. The zero-order valence-electron chi connectivity index (χ0n) is 11.3. The van der Waals surface area contributed by atoms with Crippen molar-refractivity contribution < 1.29 is 5.11 Å². The summed E-state index contributed by atoms with van der Waals surface area (Å²) in [6.07, 6.45) is 0.885. The number of aromatic nitrogens is 2. The minimum atomic E-state index is -0.711. The van der Waals surface area contributed by atoms with Crippen molar-refractivity contribution in [1.29, 1.82) is 0 Å². The van der Waals surface area contributed by atoms with Crippen molar-refractivity contribution in [2.24, 2.45) is 0 Å². The Morgan fingerprint density at radius 3 is 2.84 bits per heavy atom. The third-order valence-electron chi connectivity index (χ3n) is 3.00. The van der Waals surface area contributed by atoms with E-state index >= 15 is 0 Å². The van der Waals surface area contributed by atoms with E-state index < -0.39 is 6.10 Å². The van der Waals surface area contributed by atoms with Crippen LogP contribution >= 0.6 is 22.9 Å². The number of aliphatic hydroxyl groups excluding tert-OH is 1. The molecule has 6 heteroatoms. The molecule has 2 rings (SSSR count). The van der Waals surface area contributed by atoms with Crippen molar-refractivity contribution in [2.45, 2.75) is 19.6 Å². The molecule has 0 saturated carbocycles. The lowest BCUT2D eigenvalue weighted by molar-refractivity contribution is 0.208. The van der Waals surface area contributed by atoms with Crippen LogP contribution in [0.5, 0.6) is 0 Å². The highest BCUT2D eigenvalue weighted by atomic mass is 35.5. The van der Waals surface area contributed by atoms with Crippen LogP contribution in [-0.2, 0) is 6.54 Å². The maximum absolute atomic E-state index is 10.5. The SMILES string of the molecule is Cc1ccsc1C(O)c1c(Cl)cnn1CCN(C)C. The molecule has 19 heavy (non-hydrogen) atoms. The second-order valence-corrected chi connectivity index (χ2v) is 6.13. The third kappa shape index (κ3) is 3.17. The number of likely N-dealkylation sites (N-methyl/N-ethyl adjacent to an activating group) is 1. The predicted molar refractivity (Wildman–Crippen MR) is 78.9 cm³/mol. The van der Waals surface area contributed by atoms with E-state index in [1.807, 2.05) is 32.5 Å². The first-order chi connectivity index (χ1) is 9.00. The Bertz CT molecular complexity index is 550. The second kappa shape index (κ2) is 6.05. The van der Waals surface area contributed by atoms with Gasteiger partial charge in [0.05, 0.1) is 23.5 Å². The lowest BCUT2D eigenvalue weighted by Gasteiger charge is -2.16. The van der Waals surface area contributed by atoms with Crippen molar-refractivity contribution in [3.8, 4) is 0 Å². The Morgan fingerprint density at radius 1 is 1.53 bits per heavy atom. The summed E-state index contributed by atoms with van der Waals surface area (Å²) in [4.78, 5) is 3.00. The second-order valence-electron chi connectivity index (χ2n) is 4.77. The molecule has 1 N–H and O–H groups in total. The largest absolute Gasteiger partial charge is 0.381 e. The molecule has 0 aromatic carbocycles. The number of hydrogen-bond acceptors (Lipinski definition) is 4. The van der Waals surface area contributed by atoms with Gasteiger partial charge >= 0.3 is 0 Å². The molecule has 104 valence electrons. The van der Waals surface area contributed by atoms with Crippen LogP contribution in [0.15, 0.2) is 17.6 Å². The van der Waals surface area contributed by atoms with E-state index in [1.165, 1.54) is 11.3 Å². The van der Waals surface area contributed by atoms with Crippen molar-refractivity contribution >= 4 is 22.9 Å². The molecule has 0 aliphatic rings. The van der Waals surface area contributed by atoms with Gasteiger partial charge < -0.3 is 10.0 Å². The average molecular weight is 300 g/mol. The van der Waals surface area contributed by atoms with Crippen molar-refractivity contribution in [3.63, 3.8) is 0 Å². The van der Waals surface area contributed by atoms with Crippen molar-refractivity contribution in [3.05, 3.63) is 38.8 Å². The summed E-state index contributed by atoms with van der Waals surface area (Å²) in [6.45, 7) is 3.54. The number of halogens is 1. The Hall–Kier alpha value is -0.880. The highest BCUT2D eigenvalue weighted by Crippen LogP contribution is 2.32. The summed E-state index contributed by atoms with van der Waals surface area (Å²) < 4.78 is 1.78. The van der Waals surface area contributed by atoms with E-state index in [4.69, 9.17) is 11.6 Å². The first-order valence-corrected chi connectivity index (χ1v) is 7.34. The van der Waals surface area contributed by atoms with Gasteiger partial charge in [-0.25, -0.2) is 0 Å². The number of aliphatic hydroxyl groups is 1. The maximum atomic E-state index is 10.5. The van der Waals surface area contributed by atoms with Crippen LogP contribution in [0.1, 0.15) is 22.2 Å². The van der Waals surface area contributed by atoms with Gasteiger partial charge in [-0.15, -0.1) is 11.3 Å². The molecular weight excluding hydrogens is 282 g/mol. The Morgan fingerprint density at radius 2 is 2.26 bits per heavy atom. The summed E-state index contributed by atoms with van der Waals surface area (Å²) >= 11 is 7.71. The van der Waals surface area contributed by atoms with E-state index in [2.05, 4.69) is 10.00 Å². The molecule has 2 aromatic rings. The van der Waals surface area contributed by atoms with Crippen molar-refractivity contribution in [2.75, 3.05) is 20.6 Å². The molecule has 0 aliphatic heterocycles. The van der Waals surface area contributed by atoms with Crippen LogP contribution in [0, 0.1) is 6.92 Å². The van der Waals surface area contributed by atoms with Gasteiger partial charge in [0.25, 0.3) is 0 Å². The molecule has 4 nitrogen and oxygen atoms in total. The molecule has 0 spiro atoms. The first kappa shape index (κ1) is 14.5. The summed E-state index contributed by atoms with van der Waals surface area (Å²) in [6, 6.07) is 2.00. The van der Waals surface area contributed by atoms with Gasteiger partial charge in [-0.2, -0.15) is 5.10 Å². The predicted octanol–water partition coefficient (Wildman–Crippen LogP) is 2.55. The van der Waals surface area contributed by atoms with Crippen molar-refractivity contribution in [1.82, 2.24) is 14.7 Å². The Balaban J connectivity index is 2.28. The summed E-state index contributed by atoms with van der Waals surface area (Å²) in [7, 11) is 4.01. The molecule has 0 amide bonds. The highest BCUT2D eigenvalue weighted by molar-refractivity contribution is 7.10. The topological polar surface area (TPSA) is 41.3 Å². The van der Waals surface area contributed by atoms with Crippen LogP contribution < -0.4 is 0 Å². The van der Waals surface area contributed by atoms with E-state index in [0.717, 1.165) is 17.0 Å². The minimum absolute atomic E-state index is 0.513. The number of rotatable bonds is 5. The van der Waals surface area contributed by atoms with Crippen LogP contribution in [0.4, 0.5) is 0 Å². The molecule has 1 unspecified atom stereocenters. The number of hydrogen-bond donors (Lipinski definition) is 1. The fraction of sp³-hybridized carbons (Fsp3) is 0.462. The van der Waals surface area contributed by atoms with E-state index in [-0.39, 0.29) is 0 Å². The lowest BCUT2D eigenvalue weighted by Crippen LogP contribution is -2.21. The third-order valence-corrected chi connectivity index (χ3v) is 4.36. The zero-order valence-corrected chi connectivity index (χ0v) is 12.9. The molecular formula is C13H18ClN3OS. The number of nitrogens with zero attached hydrogens (tertiary/aromatic N) is 3. The molecule has 0 radical (unpaired) electrons. The smallest absolute Gasteiger partial charge is 0.131 e. The summed E-state index contributed by atoms with van der Waals surface area (Å²) in [5, 5.41) is 17.3. The lowest BCUT2D eigenvalue weighted by atomic mass is 10.1. The molecule has 0 fully saturated rings. The Kier molecular flexibility index (Phi) is 4.62.